The van der Waals surface area contributed by atoms with Crippen molar-refractivity contribution in [2.24, 2.45) is 4.99 Å². The van der Waals surface area contributed by atoms with Crippen LogP contribution in [0, 0.1) is 0 Å². The van der Waals surface area contributed by atoms with E-state index >= 15 is 0 Å². The molecule has 0 aromatic heterocycles. The SMILES string of the molecule is O=C(O)[C@@H]1CC(c2ccc(Br)cc2)=Nc2ccccc2S1. The van der Waals surface area contributed by atoms with Crippen LogP contribution in [-0.2, 0) is 4.79 Å². The van der Waals surface area contributed by atoms with Crippen LogP contribution >= 0.6 is 27.7 Å². The van der Waals surface area contributed by atoms with Crippen LogP contribution in [0.3, 0.4) is 0 Å². The molecule has 0 unspecified atom stereocenters. The van der Waals surface area contributed by atoms with Crippen molar-refractivity contribution in [2.75, 3.05) is 0 Å². The van der Waals surface area contributed by atoms with Crippen molar-refractivity contribution in [1.82, 2.24) is 0 Å². The summed E-state index contributed by atoms with van der Waals surface area (Å²) in [4.78, 5) is 17.1. The zero-order chi connectivity index (χ0) is 14.8. The number of rotatable bonds is 2. The fraction of sp³-hybridized carbons (Fsp3) is 0.125. The van der Waals surface area contributed by atoms with Gasteiger partial charge in [-0.1, -0.05) is 40.2 Å². The molecule has 106 valence electrons. The smallest absolute Gasteiger partial charge is 0.317 e. The number of para-hydroxylation sites is 1. The Kier molecular flexibility index (Phi) is 4.12. The van der Waals surface area contributed by atoms with Crippen molar-refractivity contribution in [3.05, 3.63) is 58.6 Å². The maximum absolute atomic E-state index is 11.5. The Morgan fingerprint density at radius 3 is 2.62 bits per heavy atom. The van der Waals surface area contributed by atoms with Crippen LogP contribution in [0.5, 0.6) is 0 Å². The van der Waals surface area contributed by atoms with Gasteiger partial charge >= 0.3 is 5.97 Å². The lowest BCUT2D eigenvalue weighted by Gasteiger charge is -2.10. The Hall–Kier alpha value is -1.59. The molecular weight excluding hydrogens is 350 g/mol. The monoisotopic (exact) mass is 361 g/mol. The van der Waals surface area contributed by atoms with Gasteiger partial charge in [0.1, 0.15) is 5.25 Å². The van der Waals surface area contributed by atoms with Crippen LogP contribution < -0.4 is 0 Å². The van der Waals surface area contributed by atoms with E-state index in [1.807, 2.05) is 48.5 Å². The van der Waals surface area contributed by atoms with Gasteiger partial charge in [0.25, 0.3) is 0 Å². The van der Waals surface area contributed by atoms with E-state index in [1.54, 1.807) is 0 Å². The Balaban J connectivity index is 2.07. The highest BCUT2D eigenvalue weighted by Gasteiger charge is 2.26. The van der Waals surface area contributed by atoms with E-state index < -0.39 is 11.2 Å². The van der Waals surface area contributed by atoms with Crippen molar-refractivity contribution in [3.63, 3.8) is 0 Å². The number of fused-ring (bicyclic) bond motifs is 1. The van der Waals surface area contributed by atoms with Gasteiger partial charge in [0.2, 0.25) is 0 Å². The van der Waals surface area contributed by atoms with Gasteiger partial charge < -0.3 is 5.11 Å². The molecule has 1 heterocycles. The van der Waals surface area contributed by atoms with Crippen LogP contribution in [0.1, 0.15) is 12.0 Å². The zero-order valence-corrected chi connectivity index (χ0v) is 13.4. The van der Waals surface area contributed by atoms with Gasteiger partial charge in [-0.05, 0) is 29.8 Å². The van der Waals surface area contributed by atoms with Crippen molar-refractivity contribution in [3.8, 4) is 0 Å². The number of nitrogens with zero attached hydrogens (tertiary/aromatic N) is 1. The van der Waals surface area contributed by atoms with E-state index in [1.165, 1.54) is 11.8 Å². The second-order valence-electron chi connectivity index (χ2n) is 4.68. The number of hydrogen-bond donors (Lipinski definition) is 1. The Labute approximate surface area is 135 Å². The first-order valence-electron chi connectivity index (χ1n) is 6.45. The average Bonchev–Trinajstić information content (AvgIpc) is 2.67. The number of carboxylic acids is 1. The minimum absolute atomic E-state index is 0.413. The second-order valence-corrected chi connectivity index (χ2v) is 6.84. The topological polar surface area (TPSA) is 49.7 Å². The quantitative estimate of drug-likeness (QED) is 0.855. The minimum atomic E-state index is -0.804. The number of benzene rings is 2. The number of halogens is 1. The van der Waals surface area contributed by atoms with Crippen LogP contribution in [0.15, 0.2) is 62.9 Å². The number of thioether (sulfide) groups is 1. The molecule has 3 rings (SSSR count). The molecule has 0 radical (unpaired) electrons. The molecule has 0 amide bonds. The summed E-state index contributed by atoms with van der Waals surface area (Å²) >= 11 is 4.77. The van der Waals surface area contributed by atoms with Crippen LogP contribution in [0.2, 0.25) is 0 Å². The lowest BCUT2D eigenvalue weighted by atomic mass is 10.1. The fourth-order valence-electron chi connectivity index (χ4n) is 2.17. The average molecular weight is 362 g/mol. The Morgan fingerprint density at radius 1 is 1.19 bits per heavy atom. The standard InChI is InChI=1S/C16H12BrNO2S/c17-11-7-5-10(6-8-11)13-9-15(16(19)20)21-14-4-2-1-3-12(14)18-13/h1-8,15H,9H2,(H,19,20)/t15-/m0/s1. The normalized spacial score (nSPS) is 17.6. The third-order valence-corrected chi connectivity index (χ3v) is 5.00. The maximum Gasteiger partial charge on any atom is 0.317 e. The van der Waals surface area contributed by atoms with E-state index in [-0.39, 0.29) is 0 Å². The Morgan fingerprint density at radius 2 is 1.90 bits per heavy atom. The third kappa shape index (κ3) is 3.19. The summed E-state index contributed by atoms with van der Waals surface area (Å²) in [6.45, 7) is 0. The largest absolute Gasteiger partial charge is 0.480 e. The molecule has 1 aliphatic heterocycles. The van der Waals surface area contributed by atoms with Crippen LogP contribution in [-0.4, -0.2) is 22.0 Å². The summed E-state index contributed by atoms with van der Waals surface area (Å²) in [5.41, 5.74) is 2.61. The van der Waals surface area contributed by atoms with Crippen molar-refractivity contribution >= 4 is 45.1 Å². The molecule has 0 aliphatic carbocycles. The first-order chi connectivity index (χ1) is 10.1. The molecule has 2 aromatic carbocycles. The summed E-state index contributed by atoms with van der Waals surface area (Å²) in [6.07, 6.45) is 0.413. The number of aliphatic imine (C=N–C) groups is 1. The van der Waals surface area contributed by atoms with Crippen LogP contribution in [0.4, 0.5) is 5.69 Å². The molecule has 0 bridgehead atoms. The molecule has 1 atom stereocenters. The number of carbonyl (C=O) groups is 1. The molecule has 0 saturated heterocycles. The van der Waals surface area contributed by atoms with E-state index in [9.17, 15) is 9.90 Å². The fourth-order valence-corrected chi connectivity index (χ4v) is 3.48. The highest BCUT2D eigenvalue weighted by Crippen LogP contribution is 2.38. The molecule has 21 heavy (non-hydrogen) atoms. The first-order valence-corrected chi connectivity index (χ1v) is 8.13. The molecule has 5 heteroatoms. The number of hydrogen-bond acceptors (Lipinski definition) is 3. The van der Waals surface area contributed by atoms with E-state index in [0.717, 1.165) is 26.3 Å². The molecule has 0 saturated carbocycles. The zero-order valence-electron chi connectivity index (χ0n) is 11.0. The summed E-state index contributed by atoms with van der Waals surface area (Å²) < 4.78 is 0.991. The van der Waals surface area contributed by atoms with Gasteiger partial charge in [-0.25, -0.2) is 0 Å². The lowest BCUT2D eigenvalue weighted by molar-refractivity contribution is -0.136. The van der Waals surface area contributed by atoms with Crippen LogP contribution in [0.25, 0.3) is 0 Å². The van der Waals surface area contributed by atoms with Crippen molar-refractivity contribution in [2.45, 2.75) is 16.6 Å². The highest BCUT2D eigenvalue weighted by molar-refractivity contribution is 9.10. The molecule has 1 N–H and O–H groups in total. The van der Waals surface area contributed by atoms with E-state index in [2.05, 4.69) is 20.9 Å². The predicted molar refractivity (Wildman–Crippen MR) is 88.7 cm³/mol. The summed E-state index contributed by atoms with van der Waals surface area (Å²) in [6, 6.07) is 15.5. The number of aliphatic carboxylic acids is 1. The highest BCUT2D eigenvalue weighted by atomic mass is 79.9. The van der Waals surface area contributed by atoms with E-state index in [0.29, 0.717) is 6.42 Å². The summed E-state index contributed by atoms with van der Waals surface area (Å²) in [5, 5.41) is 8.90. The summed E-state index contributed by atoms with van der Waals surface area (Å²) in [5.74, 6) is -0.804. The molecule has 2 aromatic rings. The lowest BCUT2D eigenvalue weighted by Crippen LogP contribution is -2.20. The Bertz CT molecular complexity index is 712. The molecule has 3 nitrogen and oxygen atoms in total. The molecular formula is C16H12BrNO2S. The van der Waals surface area contributed by atoms with Crippen molar-refractivity contribution < 1.29 is 9.90 Å². The number of carboxylic acid groups (broad SMARTS) is 1. The van der Waals surface area contributed by atoms with Gasteiger partial charge in [0.05, 0.1) is 11.4 Å². The molecule has 0 spiro atoms. The molecule has 1 aliphatic rings. The van der Waals surface area contributed by atoms with E-state index in [4.69, 9.17) is 0 Å². The maximum atomic E-state index is 11.5. The third-order valence-electron chi connectivity index (χ3n) is 3.22. The second kappa shape index (κ2) is 6.03. The molecule has 0 fully saturated rings. The minimum Gasteiger partial charge on any atom is -0.480 e. The summed E-state index contributed by atoms with van der Waals surface area (Å²) in [7, 11) is 0. The first kappa shape index (κ1) is 14.4. The van der Waals surface area contributed by atoms with Gasteiger partial charge in [0.15, 0.2) is 0 Å². The predicted octanol–water partition coefficient (Wildman–Crippen LogP) is 4.52. The van der Waals surface area contributed by atoms with Gasteiger partial charge in [-0.3, -0.25) is 9.79 Å². The van der Waals surface area contributed by atoms with Crippen molar-refractivity contribution in [1.29, 1.82) is 0 Å². The van der Waals surface area contributed by atoms with Gasteiger partial charge in [0, 0.05) is 15.8 Å². The van der Waals surface area contributed by atoms with Gasteiger partial charge in [-0.15, -0.1) is 11.8 Å². The van der Waals surface area contributed by atoms with Gasteiger partial charge in [-0.2, -0.15) is 0 Å².